The van der Waals surface area contributed by atoms with Crippen LogP contribution in [0.1, 0.15) is 0 Å². The zero-order valence-corrected chi connectivity index (χ0v) is 8.88. The Bertz CT molecular complexity index is 151. The van der Waals surface area contributed by atoms with Gasteiger partial charge in [0.05, 0.1) is 0 Å². The third kappa shape index (κ3) is 8.47. The molecule has 50 valence electrons. The van der Waals surface area contributed by atoms with Gasteiger partial charge in [0.1, 0.15) is 0 Å². The van der Waals surface area contributed by atoms with Gasteiger partial charge in [-0.2, -0.15) is 0 Å². The summed E-state index contributed by atoms with van der Waals surface area (Å²) in [5, 5.41) is 2.17. The Kier molecular flexibility index (Phi) is 4.54. The van der Waals surface area contributed by atoms with Gasteiger partial charge in [0.2, 0.25) is 6.41 Å². The fourth-order valence-corrected chi connectivity index (χ4v) is 0.434. The van der Waals surface area contributed by atoms with Gasteiger partial charge >= 0.3 is 0 Å². The summed E-state index contributed by atoms with van der Waals surface area (Å²) in [7, 11) is 0. The monoisotopic (exact) mass is 317 g/mol. The van der Waals surface area contributed by atoms with Crippen molar-refractivity contribution in [3.05, 3.63) is 0 Å². The fraction of sp³-hybridized carbons (Fsp3) is 0.250. The SMILES string of the molecule is O=CNC#CC(Br)(Br)Br. The van der Waals surface area contributed by atoms with Gasteiger partial charge in [-0.05, 0) is 53.7 Å². The molecule has 0 aromatic rings. The molecule has 0 rings (SSSR count). The Balaban J connectivity index is 3.72. The Morgan fingerprint density at radius 2 is 2.00 bits per heavy atom. The average molecular weight is 320 g/mol. The van der Waals surface area contributed by atoms with Crippen LogP contribution in [0.4, 0.5) is 0 Å². The van der Waals surface area contributed by atoms with Crippen molar-refractivity contribution in [2.75, 3.05) is 0 Å². The zero-order chi connectivity index (χ0) is 7.33. The molecule has 0 aliphatic heterocycles. The molecule has 0 bridgehead atoms. The van der Waals surface area contributed by atoms with Crippen molar-refractivity contribution in [2.45, 2.75) is 2.14 Å². The largest absolute Gasteiger partial charge is 0.288 e. The van der Waals surface area contributed by atoms with Gasteiger partial charge < -0.3 is 0 Å². The van der Waals surface area contributed by atoms with Gasteiger partial charge in [-0.15, -0.1) is 0 Å². The van der Waals surface area contributed by atoms with Crippen molar-refractivity contribution in [3.8, 4) is 12.0 Å². The second-order valence-electron chi connectivity index (χ2n) is 1.01. The molecule has 1 amide bonds. The molecule has 0 aromatic carbocycles. The number of halogens is 3. The average Bonchev–Trinajstić information content (AvgIpc) is 1.63. The molecular formula is C4H2Br3NO. The Morgan fingerprint density at radius 1 is 1.44 bits per heavy atom. The summed E-state index contributed by atoms with van der Waals surface area (Å²) in [6.07, 6.45) is 0.506. The molecule has 0 heterocycles. The lowest BCUT2D eigenvalue weighted by Crippen LogP contribution is -2.02. The van der Waals surface area contributed by atoms with Gasteiger partial charge in [-0.3, -0.25) is 10.1 Å². The van der Waals surface area contributed by atoms with Gasteiger partial charge in [0.25, 0.3) is 0 Å². The van der Waals surface area contributed by atoms with Gasteiger partial charge in [-0.25, -0.2) is 0 Å². The lowest BCUT2D eigenvalue weighted by Gasteiger charge is -1.97. The van der Waals surface area contributed by atoms with Crippen molar-refractivity contribution in [3.63, 3.8) is 0 Å². The molecule has 9 heavy (non-hydrogen) atoms. The predicted molar refractivity (Wildman–Crippen MR) is 46.5 cm³/mol. The summed E-state index contributed by atoms with van der Waals surface area (Å²) in [6.45, 7) is 0. The maximum atomic E-state index is 9.63. The Hall–Kier alpha value is 0.470. The lowest BCUT2D eigenvalue weighted by atomic mass is 10.8. The van der Waals surface area contributed by atoms with E-state index >= 15 is 0 Å². The van der Waals surface area contributed by atoms with E-state index in [2.05, 4.69) is 65.1 Å². The minimum Gasteiger partial charge on any atom is -0.288 e. The highest BCUT2D eigenvalue weighted by Crippen LogP contribution is 2.31. The van der Waals surface area contributed by atoms with E-state index in [-0.39, 0.29) is 0 Å². The molecule has 2 nitrogen and oxygen atoms in total. The number of hydrogen-bond acceptors (Lipinski definition) is 1. The standard InChI is InChI=1S/C4H2Br3NO/c5-4(6,7)1-2-8-3-9/h3H,(H,8,9). The van der Waals surface area contributed by atoms with E-state index in [0.717, 1.165) is 0 Å². The summed E-state index contributed by atoms with van der Waals surface area (Å²) in [6, 6.07) is 2.37. The van der Waals surface area contributed by atoms with Crippen molar-refractivity contribution in [1.82, 2.24) is 5.32 Å². The van der Waals surface area contributed by atoms with Crippen LogP contribution in [0.25, 0.3) is 0 Å². The molecule has 0 saturated carbocycles. The second kappa shape index (κ2) is 4.31. The number of carbonyl (C=O) groups is 1. The van der Waals surface area contributed by atoms with Crippen molar-refractivity contribution in [1.29, 1.82) is 0 Å². The van der Waals surface area contributed by atoms with E-state index in [1.54, 1.807) is 0 Å². The topological polar surface area (TPSA) is 29.1 Å². The van der Waals surface area contributed by atoms with Crippen LogP contribution in [0.15, 0.2) is 0 Å². The first-order chi connectivity index (χ1) is 4.06. The molecule has 0 aliphatic carbocycles. The normalized spacial score (nSPS) is 9.22. The number of carbonyl (C=O) groups excluding carboxylic acids is 1. The van der Waals surface area contributed by atoms with Crippen LogP contribution in [0.3, 0.4) is 0 Å². The van der Waals surface area contributed by atoms with Crippen molar-refractivity contribution in [2.24, 2.45) is 0 Å². The van der Waals surface area contributed by atoms with Crippen LogP contribution in [0.5, 0.6) is 0 Å². The molecule has 5 heteroatoms. The van der Waals surface area contributed by atoms with Crippen molar-refractivity contribution < 1.29 is 4.79 Å². The Morgan fingerprint density at radius 3 is 2.33 bits per heavy atom. The first-order valence-electron chi connectivity index (χ1n) is 1.84. The summed E-state index contributed by atoms with van der Waals surface area (Å²) >= 11 is 9.34. The molecule has 0 spiro atoms. The highest BCUT2D eigenvalue weighted by atomic mass is 80.0. The summed E-state index contributed by atoms with van der Waals surface area (Å²) < 4.78 is -0.594. The van der Waals surface area contributed by atoms with E-state index in [9.17, 15) is 4.79 Å². The first kappa shape index (κ1) is 9.47. The zero-order valence-electron chi connectivity index (χ0n) is 4.12. The number of nitrogens with one attached hydrogen (secondary N) is 1. The molecule has 0 fully saturated rings. The minimum absolute atomic E-state index is 0.506. The molecule has 0 aliphatic rings. The van der Waals surface area contributed by atoms with Gasteiger partial charge in [-0.1, -0.05) is 0 Å². The van der Waals surface area contributed by atoms with E-state index in [0.29, 0.717) is 6.41 Å². The van der Waals surface area contributed by atoms with Crippen LogP contribution in [-0.4, -0.2) is 8.55 Å². The van der Waals surface area contributed by atoms with Crippen LogP contribution in [0.2, 0.25) is 0 Å². The van der Waals surface area contributed by atoms with E-state index in [1.807, 2.05) is 0 Å². The van der Waals surface area contributed by atoms with Crippen LogP contribution < -0.4 is 5.32 Å². The molecule has 0 radical (unpaired) electrons. The van der Waals surface area contributed by atoms with Crippen LogP contribution in [0, 0.1) is 12.0 Å². The number of rotatable bonds is 1. The first-order valence-corrected chi connectivity index (χ1v) is 4.22. The van der Waals surface area contributed by atoms with E-state index < -0.39 is 2.14 Å². The summed E-state index contributed by atoms with van der Waals surface area (Å²) in [5.41, 5.74) is 0. The molecule has 0 unspecified atom stereocenters. The van der Waals surface area contributed by atoms with Crippen LogP contribution in [-0.2, 0) is 4.79 Å². The molecule has 0 atom stereocenters. The fourth-order valence-electron chi connectivity index (χ4n) is 0.136. The maximum Gasteiger partial charge on any atom is 0.218 e. The number of alkyl halides is 3. The molecule has 0 saturated heterocycles. The lowest BCUT2D eigenvalue weighted by molar-refractivity contribution is -0.108. The van der Waals surface area contributed by atoms with Crippen molar-refractivity contribution >= 4 is 54.2 Å². The summed E-state index contributed by atoms with van der Waals surface area (Å²) in [5.74, 6) is 2.58. The molecule has 0 aromatic heterocycles. The highest BCUT2D eigenvalue weighted by Gasteiger charge is 2.11. The van der Waals surface area contributed by atoms with Gasteiger partial charge in [0.15, 0.2) is 2.14 Å². The Labute approximate surface area is 78.1 Å². The van der Waals surface area contributed by atoms with Gasteiger partial charge in [0, 0.05) is 6.04 Å². The third-order valence-electron chi connectivity index (χ3n) is 0.335. The smallest absolute Gasteiger partial charge is 0.218 e. The third-order valence-corrected chi connectivity index (χ3v) is 0.930. The van der Waals surface area contributed by atoms with E-state index in [1.165, 1.54) is 0 Å². The molecular weight excluding hydrogens is 318 g/mol. The molecule has 1 N–H and O–H groups in total. The summed E-state index contributed by atoms with van der Waals surface area (Å²) in [4.78, 5) is 9.63. The second-order valence-corrected chi connectivity index (χ2v) is 7.77. The number of amides is 1. The van der Waals surface area contributed by atoms with E-state index in [4.69, 9.17) is 0 Å². The van der Waals surface area contributed by atoms with Crippen LogP contribution >= 0.6 is 47.8 Å². The predicted octanol–water partition coefficient (Wildman–Crippen LogP) is 1.53. The quantitative estimate of drug-likeness (QED) is 0.338. The number of hydrogen-bond donors (Lipinski definition) is 1. The highest BCUT2D eigenvalue weighted by molar-refractivity contribution is 9.39. The maximum absolute atomic E-state index is 9.63. The minimum atomic E-state index is -0.594.